The fourth-order valence-electron chi connectivity index (χ4n) is 6.16. The summed E-state index contributed by atoms with van der Waals surface area (Å²) in [5.41, 5.74) is 10.2. The molecule has 8 nitrogen and oxygen atoms in total. The number of nitrogens with two attached hydrogens (primary N) is 1. The first-order chi connectivity index (χ1) is 19.0. The van der Waals surface area contributed by atoms with Crippen molar-refractivity contribution in [3.63, 3.8) is 0 Å². The lowest BCUT2D eigenvalue weighted by molar-refractivity contribution is -0.253. The van der Waals surface area contributed by atoms with Crippen LogP contribution in [0.15, 0.2) is 78.9 Å². The van der Waals surface area contributed by atoms with Crippen molar-refractivity contribution in [1.29, 1.82) is 0 Å². The van der Waals surface area contributed by atoms with Crippen LogP contribution >= 0.6 is 0 Å². The zero-order chi connectivity index (χ0) is 26.8. The van der Waals surface area contributed by atoms with E-state index in [1.165, 1.54) is 0 Å². The molecule has 1 amide bonds. The third kappa shape index (κ3) is 5.25. The van der Waals surface area contributed by atoms with E-state index in [1.54, 1.807) is 0 Å². The average molecular weight is 529 g/mol. The zero-order valence-corrected chi connectivity index (χ0v) is 22.0. The van der Waals surface area contributed by atoms with Gasteiger partial charge in [-0.05, 0) is 48.2 Å². The van der Waals surface area contributed by atoms with Gasteiger partial charge in [0.1, 0.15) is 5.54 Å². The maximum absolute atomic E-state index is 13.1. The van der Waals surface area contributed by atoms with E-state index >= 15 is 0 Å². The van der Waals surface area contributed by atoms with E-state index < -0.39 is 11.8 Å². The number of para-hydroxylation sites is 1. The van der Waals surface area contributed by atoms with E-state index in [0.29, 0.717) is 12.4 Å². The standard InChI is InChI=1S/C31H36N4O4/c32-25-6-4-5-24(17-25)29-38-27(18-28(39-29)23-11-9-22(20-36)10-12-23)19-34-15-13-31(14-16-34)30(37)33-21-35(31)26-7-2-1-3-8-26/h1-12,17,27-29,36H,13-16,18-21,32H2,(H,33,37)/t27-,28+,29+/m1/s1. The quantitative estimate of drug-likeness (QED) is 0.419. The molecule has 0 saturated carbocycles. The number of hydrogen-bond donors (Lipinski definition) is 3. The Morgan fingerprint density at radius 2 is 1.72 bits per heavy atom. The molecule has 1 spiro atoms. The van der Waals surface area contributed by atoms with Crippen LogP contribution in [0.5, 0.6) is 0 Å². The van der Waals surface area contributed by atoms with Gasteiger partial charge >= 0.3 is 0 Å². The Morgan fingerprint density at radius 3 is 2.44 bits per heavy atom. The Labute approximate surface area is 229 Å². The zero-order valence-electron chi connectivity index (χ0n) is 22.0. The molecule has 39 heavy (non-hydrogen) atoms. The summed E-state index contributed by atoms with van der Waals surface area (Å²) in [6, 6.07) is 25.8. The topological polar surface area (TPSA) is 100 Å². The lowest BCUT2D eigenvalue weighted by Gasteiger charge is -2.45. The van der Waals surface area contributed by atoms with Gasteiger partial charge in [0.25, 0.3) is 0 Å². The summed E-state index contributed by atoms with van der Waals surface area (Å²) in [6.45, 7) is 2.95. The van der Waals surface area contributed by atoms with Gasteiger partial charge in [0.15, 0.2) is 6.29 Å². The number of carbonyl (C=O) groups is 1. The normalized spacial score (nSPS) is 25.1. The highest BCUT2D eigenvalue weighted by Gasteiger charge is 2.50. The fourth-order valence-corrected chi connectivity index (χ4v) is 6.16. The molecule has 0 aromatic heterocycles. The molecule has 0 aliphatic carbocycles. The van der Waals surface area contributed by atoms with Crippen molar-refractivity contribution in [3.8, 4) is 0 Å². The molecule has 0 bridgehead atoms. The Kier molecular flexibility index (Phi) is 7.27. The number of ether oxygens (including phenoxy) is 2. The van der Waals surface area contributed by atoms with Crippen LogP contribution in [0.3, 0.4) is 0 Å². The van der Waals surface area contributed by atoms with Crippen molar-refractivity contribution in [3.05, 3.63) is 95.6 Å². The minimum atomic E-state index is -0.528. The number of nitrogens with one attached hydrogen (secondary N) is 1. The average Bonchev–Trinajstić information content (AvgIpc) is 3.29. The predicted molar refractivity (Wildman–Crippen MR) is 150 cm³/mol. The highest BCUT2D eigenvalue weighted by Crippen LogP contribution is 2.40. The molecular formula is C31H36N4O4. The summed E-state index contributed by atoms with van der Waals surface area (Å²) < 4.78 is 12.9. The molecule has 3 heterocycles. The fraction of sp³-hybridized carbons (Fsp3) is 0.387. The van der Waals surface area contributed by atoms with Crippen molar-refractivity contribution >= 4 is 17.3 Å². The SMILES string of the molecule is Nc1cccc([C@H]2O[C@@H](CN3CCC4(CC3)C(=O)NCN4c3ccccc3)C[C@@H](c3ccc(CO)cc3)O2)c1. The molecule has 3 aromatic rings. The molecule has 8 heteroatoms. The third-order valence-corrected chi connectivity index (χ3v) is 8.35. The van der Waals surface area contributed by atoms with Crippen LogP contribution in [0.2, 0.25) is 0 Å². The summed E-state index contributed by atoms with van der Waals surface area (Å²) in [6.07, 6.45) is 1.52. The van der Waals surface area contributed by atoms with Crippen LogP contribution in [0.4, 0.5) is 11.4 Å². The molecule has 3 fully saturated rings. The first-order valence-electron chi connectivity index (χ1n) is 13.7. The Bertz CT molecular complexity index is 1280. The van der Waals surface area contributed by atoms with Gasteiger partial charge in [0.2, 0.25) is 5.91 Å². The van der Waals surface area contributed by atoms with Crippen molar-refractivity contribution in [2.45, 2.75) is 49.9 Å². The van der Waals surface area contributed by atoms with Gasteiger partial charge in [0.05, 0.1) is 25.5 Å². The molecular weight excluding hydrogens is 492 g/mol. The second-order valence-electron chi connectivity index (χ2n) is 10.8. The van der Waals surface area contributed by atoms with E-state index in [9.17, 15) is 9.90 Å². The predicted octanol–water partition coefficient (Wildman–Crippen LogP) is 3.74. The maximum Gasteiger partial charge on any atom is 0.247 e. The van der Waals surface area contributed by atoms with Gasteiger partial charge in [-0.3, -0.25) is 4.79 Å². The number of nitrogens with zero attached hydrogens (tertiary/aromatic N) is 2. The monoisotopic (exact) mass is 528 g/mol. The third-order valence-electron chi connectivity index (χ3n) is 8.35. The van der Waals surface area contributed by atoms with Crippen molar-refractivity contribution in [2.75, 3.05) is 36.9 Å². The Morgan fingerprint density at radius 1 is 0.949 bits per heavy atom. The van der Waals surface area contributed by atoms with Crippen LogP contribution in [0.1, 0.15) is 48.3 Å². The van der Waals surface area contributed by atoms with Crippen LogP contribution in [-0.4, -0.2) is 53.9 Å². The largest absolute Gasteiger partial charge is 0.399 e. The molecule has 3 atom stereocenters. The van der Waals surface area contributed by atoms with E-state index in [4.69, 9.17) is 15.2 Å². The smallest absolute Gasteiger partial charge is 0.247 e. The molecule has 4 N–H and O–H groups in total. The van der Waals surface area contributed by atoms with Crippen LogP contribution in [0, 0.1) is 0 Å². The number of piperidine rings is 1. The van der Waals surface area contributed by atoms with Gasteiger partial charge in [-0.1, -0.05) is 54.6 Å². The number of aliphatic hydroxyl groups is 1. The van der Waals surface area contributed by atoms with Crippen molar-refractivity contribution < 1.29 is 19.4 Å². The first-order valence-corrected chi connectivity index (χ1v) is 13.7. The Hall–Kier alpha value is -3.43. The number of hydrogen-bond acceptors (Lipinski definition) is 7. The van der Waals surface area contributed by atoms with Gasteiger partial charge in [-0.15, -0.1) is 0 Å². The number of aliphatic hydroxyl groups excluding tert-OH is 1. The van der Waals surface area contributed by atoms with Crippen molar-refractivity contribution in [1.82, 2.24) is 10.2 Å². The first kappa shape index (κ1) is 25.8. The van der Waals surface area contributed by atoms with E-state index in [1.807, 2.05) is 66.7 Å². The summed E-state index contributed by atoms with van der Waals surface area (Å²) in [5, 5.41) is 12.5. The molecule has 3 aliphatic heterocycles. The minimum absolute atomic E-state index is 0.0135. The maximum atomic E-state index is 13.1. The number of anilines is 2. The lowest BCUT2D eigenvalue weighted by Crippen LogP contribution is -2.57. The Balaban J connectivity index is 1.17. The van der Waals surface area contributed by atoms with Gasteiger partial charge in [-0.2, -0.15) is 0 Å². The molecule has 3 saturated heterocycles. The van der Waals surface area contributed by atoms with Crippen LogP contribution < -0.4 is 16.0 Å². The second-order valence-corrected chi connectivity index (χ2v) is 10.8. The van der Waals surface area contributed by atoms with Gasteiger partial charge in [0, 0.05) is 43.0 Å². The summed E-state index contributed by atoms with van der Waals surface area (Å²) >= 11 is 0. The number of benzene rings is 3. The molecule has 0 unspecified atom stereocenters. The molecule has 6 rings (SSSR count). The minimum Gasteiger partial charge on any atom is -0.399 e. The van der Waals surface area contributed by atoms with Crippen LogP contribution in [0.25, 0.3) is 0 Å². The number of nitrogen functional groups attached to an aromatic ring is 1. The molecule has 0 radical (unpaired) electrons. The molecule has 3 aliphatic rings. The number of carbonyl (C=O) groups excluding carboxylic acids is 1. The highest BCUT2D eigenvalue weighted by atomic mass is 16.7. The number of rotatable bonds is 6. The van der Waals surface area contributed by atoms with Gasteiger partial charge in [-0.25, -0.2) is 0 Å². The van der Waals surface area contributed by atoms with E-state index in [-0.39, 0.29) is 24.7 Å². The van der Waals surface area contributed by atoms with Gasteiger partial charge < -0.3 is 35.4 Å². The lowest BCUT2D eigenvalue weighted by atomic mass is 9.85. The molecule has 3 aromatic carbocycles. The van der Waals surface area contributed by atoms with E-state index in [0.717, 1.165) is 61.3 Å². The highest BCUT2D eigenvalue weighted by molar-refractivity contribution is 5.93. The molecule has 204 valence electrons. The van der Waals surface area contributed by atoms with Crippen LogP contribution in [-0.2, 0) is 20.9 Å². The number of likely N-dealkylation sites (tertiary alicyclic amines) is 1. The summed E-state index contributed by atoms with van der Waals surface area (Å²) in [7, 11) is 0. The summed E-state index contributed by atoms with van der Waals surface area (Å²) in [4.78, 5) is 17.7. The van der Waals surface area contributed by atoms with E-state index in [2.05, 4.69) is 27.2 Å². The number of amides is 1. The summed E-state index contributed by atoms with van der Waals surface area (Å²) in [5.74, 6) is 0.126. The second kappa shape index (κ2) is 11.0. The van der Waals surface area contributed by atoms with Crippen molar-refractivity contribution in [2.24, 2.45) is 0 Å².